The molecule has 0 heterocycles. The van der Waals surface area contributed by atoms with Crippen molar-refractivity contribution in [1.82, 2.24) is 25.8 Å². The Morgan fingerprint density at radius 2 is 0.932 bits per heavy atom. The maximum absolute atomic E-state index is 8.48. The van der Waals surface area contributed by atoms with Gasteiger partial charge >= 0.3 is 0 Å². The third kappa shape index (κ3) is 90.0. The molecule has 0 aromatic rings. The van der Waals surface area contributed by atoms with E-state index in [0.29, 0.717) is 25.3 Å². The van der Waals surface area contributed by atoms with E-state index in [-0.39, 0.29) is 0 Å². The van der Waals surface area contributed by atoms with Crippen LogP contribution in [0.1, 0.15) is 129 Å². The van der Waals surface area contributed by atoms with E-state index in [1.165, 1.54) is 52.6 Å². The molecule has 9 nitrogen and oxygen atoms in total. The Balaban J connectivity index is -0.0000000743. The Labute approximate surface area is 280 Å². The Bertz CT molecular complexity index is 341. The van der Waals surface area contributed by atoms with Crippen molar-refractivity contribution in [2.75, 3.05) is 92.3 Å². The van der Waals surface area contributed by atoms with Gasteiger partial charge in [-0.05, 0) is 111 Å². The normalized spacial score (nSPS) is 9.68. The minimum absolute atomic E-state index is 0.306. The zero-order chi connectivity index (χ0) is 35.9. The van der Waals surface area contributed by atoms with Crippen LogP contribution in [-0.2, 0) is 0 Å². The van der Waals surface area contributed by atoms with Crippen molar-refractivity contribution in [1.29, 1.82) is 0 Å². The molecule has 0 spiro atoms. The summed E-state index contributed by atoms with van der Waals surface area (Å²) in [6.45, 7) is 40.7. The average molecular weight is 642 g/mol. The minimum atomic E-state index is 0.306. The predicted molar refractivity (Wildman–Crippen MR) is 204 cm³/mol. The SMILES string of the molecule is CC(C)NC(C)C.CCCNCCC.CCN(CC)CC.CCN(CC)CCCO.CCNCC.CN.NCCCCCO. The molecule has 9 N–H and O–H groups in total. The van der Waals surface area contributed by atoms with Crippen LogP contribution in [-0.4, -0.2) is 124 Å². The summed E-state index contributed by atoms with van der Waals surface area (Å²) in [5, 5.41) is 26.4. The molecule has 0 atom stereocenters. The molecule has 0 amide bonds. The van der Waals surface area contributed by atoms with Gasteiger partial charge in [0, 0.05) is 31.8 Å². The highest BCUT2D eigenvalue weighted by atomic mass is 16.3. The molecule has 0 aromatic carbocycles. The number of aliphatic hydroxyl groups excluding tert-OH is 2. The van der Waals surface area contributed by atoms with Crippen molar-refractivity contribution in [3.05, 3.63) is 0 Å². The molecule has 0 saturated carbocycles. The first kappa shape index (κ1) is 59.1. The Morgan fingerprint density at radius 3 is 1.11 bits per heavy atom. The maximum Gasteiger partial charge on any atom is 0.0443 e. The summed E-state index contributed by atoms with van der Waals surface area (Å²) in [5.41, 5.74) is 9.69. The fourth-order valence-corrected chi connectivity index (χ4v) is 3.33. The summed E-state index contributed by atoms with van der Waals surface area (Å²) in [5.74, 6) is 0. The molecule has 0 aliphatic rings. The third-order valence-corrected chi connectivity index (χ3v) is 5.75. The fraction of sp³-hybridized carbons (Fsp3) is 1.00. The summed E-state index contributed by atoms with van der Waals surface area (Å²) in [6.07, 6.45) is 6.41. The van der Waals surface area contributed by atoms with Gasteiger partial charge in [-0.2, -0.15) is 0 Å². The molecule has 44 heavy (non-hydrogen) atoms. The van der Waals surface area contributed by atoms with Crippen molar-refractivity contribution in [3.8, 4) is 0 Å². The van der Waals surface area contributed by atoms with Crippen LogP contribution in [0.25, 0.3) is 0 Å². The molecule has 9 heteroatoms. The topological polar surface area (TPSA) is 135 Å². The number of unbranched alkanes of at least 4 members (excludes halogenated alkanes) is 2. The maximum atomic E-state index is 8.48. The number of rotatable bonds is 20. The van der Waals surface area contributed by atoms with E-state index in [0.717, 1.165) is 65.0 Å². The van der Waals surface area contributed by atoms with Gasteiger partial charge in [0.1, 0.15) is 0 Å². The van der Waals surface area contributed by atoms with Gasteiger partial charge in [0.25, 0.3) is 0 Å². The van der Waals surface area contributed by atoms with Gasteiger partial charge in [0.2, 0.25) is 0 Å². The summed E-state index contributed by atoms with van der Waals surface area (Å²) < 4.78 is 0. The van der Waals surface area contributed by atoms with Crippen LogP contribution >= 0.6 is 0 Å². The number of hydrogen-bond donors (Lipinski definition) is 7. The van der Waals surface area contributed by atoms with Gasteiger partial charge in [0.05, 0.1) is 0 Å². The second kappa shape index (κ2) is 65.3. The molecule has 0 unspecified atom stereocenters. The van der Waals surface area contributed by atoms with Crippen LogP contribution in [0.4, 0.5) is 0 Å². The summed E-state index contributed by atoms with van der Waals surface area (Å²) in [4.78, 5) is 4.68. The van der Waals surface area contributed by atoms with Crippen LogP contribution < -0.4 is 27.4 Å². The molecule has 0 saturated heterocycles. The number of hydrogen-bond acceptors (Lipinski definition) is 9. The first-order valence-electron chi connectivity index (χ1n) is 18.2. The van der Waals surface area contributed by atoms with Gasteiger partial charge in [-0.15, -0.1) is 0 Å². The van der Waals surface area contributed by atoms with E-state index in [1.54, 1.807) is 0 Å². The van der Waals surface area contributed by atoms with Crippen molar-refractivity contribution in [3.63, 3.8) is 0 Å². The molecule has 0 aromatic heterocycles. The number of nitrogens with two attached hydrogens (primary N) is 2. The van der Waals surface area contributed by atoms with Crippen LogP contribution in [0.5, 0.6) is 0 Å². The van der Waals surface area contributed by atoms with Crippen molar-refractivity contribution < 1.29 is 10.2 Å². The molecule has 0 radical (unpaired) electrons. The van der Waals surface area contributed by atoms with E-state index >= 15 is 0 Å². The van der Waals surface area contributed by atoms with Crippen LogP contribution in [0.15, 0.2) is 0 Å². The second-order valence-corrected chi connectivity index (χ2v) is 10.5. The van der Waals surface area contributed by atoms with Crippen molar-refractivity contribution >= 4 is 0 Å². The number of aliphatic hydroxyl groups is 2. The number of nitrogens with zero attached hydrogens (tertiary/aromatic N) is 2. The minimum Gasteiger partial charge on any atom is -0.396 e. The largest absolute Gasteiger partial charge is 0.396 e. The number of nitrogens with one attached hydrogen (secondary N) is 3. The lowest BCUT2D eigenvalue weighted by atomic mass is 10.2. The van der Waals surface area contributed by atoms with E-state index in [2.05, 4.69) is 121 Å². The average Bonchev–Trinajstić information content (AvgIpc) is 3.01. The zero-order valence-electron chi connectivity index (χ0n) is 33.0. The first-order valence-corrected chi connectivity index (χ1v) is 18.2. The zero-order valence-corrected chi connectivity index (χ0v) is 33.0. The van der Waals surface area contributed by atoms with Crippen LogP contribution in [0.3, 0.4) is 0 Å². The summed E-state index contributed by atoms with van der Waals surface area (Å²) in [6, 6.07) is 1.25. The summed E-state index contributed by atoms with van der Waals surface area (Å²) >= 11 is 0. The third-order valence-electron chi connectivity index (χ3n) is 5.75. The Hall–Kier alpha value is -0.360. The van der Waals surface area contributed by atoms with E-state index in [9.17, 15) is 0 Å². The molecule has 0 aliphatic carbocycles. The molecule has 0 fully saturated rings. The predicted octanol–water partition coefficient (Wildman–Crippen LogP) is 5.15. The first-order chi connectivity index (χ1) is 21.1. The highest BCUT2D eigenvalue weighted by Gasteiger charge is 1.95. The second-order valence-electron chi connectivity index (χ2n) is 10.5. The molecule has 0 aliphatic heterocycles. The van der Waals surface area contributed by atoms with Gasteiger partial charge in [0.15, 0.2) is 0 Å². The molecular weight excluding hydrogens is 550 g/mol. The van der Waals surface area contributed by atoms with E-state index in [4.69, 9.17) is 15.9 Å². The van der Waals surface area contributed by atoms with Gasteiger partial charge in [-0.3, -0.25) is 0 Å². The highest BCUT2D eigenvalue weighted by Crippen LogP contribution is 1.89. The summed E-state index contributed by atoms with van der Waals surface area (Å²) in [7, 11) is 1.50. The fourth-order valence-electron chi connectivity index (χ4n) is 3.33. The standard InChI is InChI=1S/C7H17NO.3C6H15N.C5H13NO.C4H11N.CH5N/c1-3-8(4-2)6-5-7-9;1-5(2)7-6(3)4;1-4-7(5-2)6-3;1-3-5-7-6-4-2;6-4-2-1-3-5-7;1-3-5-4-2;1-2/h9H,3-7H2,1-2H3;5-7H,1-4H3;4-6H2,1-3H3;7H,3-6H2,1-2H3;7H,1-6H2;5H,3-4H2,1-2H3;2H2,1H3. The van der Waals surface area contributed by atoms with Crippen molar-refractivity contribution in [2.24, 2.45) is 11.5 Å². The lowest BCUT2D eigenvalue weighted by Gasteiger charge is -2.16. The van der Waals surface area contributed by atoms with Crippen LogP contribution in [0.2, 0.25) is 0 Å². The highest BCUT2D eigenvalue weighted by molar-refractivity contribution is 4.56. The Kier molecular flexibility index (Phi) is 87.8. The molecule has 0 rings (SSSR count). The molecule has 278 valence electrons. The molecule has 0 bridgehead atoms. The smallest absolute Gasteiger partial charge is 0.0443 e. The van der Waals surface area contributed by atoms with Gasteiger partial charge in [-0.1, -0.05) is 90.0 Å². The quantitative estimate of drug-likeness (QED) is 0.0902. The van der Waals surface area contributed by atoms with Gasteiger partial charge < -0.3 is 47.4 Å². The lowest BCUT2D eigenvalue weighted by Crippen LogP contribution is -2.29. The van der Waals surface area contributed by atoms with Gasteiger partial charge in [-0.25, -0.2) is 0 Å². The molecular formula is C35H91N7O2. The van der Waals surface area contributed by atoms with E-state index in [1.807, 2.05) is 0 Å². The lowest BCUT2D eigenvalue weighted by molar-refractivity contribution is 0.236. The monoisotopic (exact) mass is 642 g/mol. The Morgan fingerprint density at radius 1 is 0.545 bits per heavy atom. The van der Waals surface area contributed by atoms with Crippen LogP contribution in [0, 0.1) is 0 Å². The van der Waals surface area contributed by atoms with E-state index < -0.39 is 0 Å². The van der Waals surface area contributed by atoms with Crippen molar-refractivity contribution in [2.45, 2.75) is 141 Å².